The van der Waals surface area contributed by atoms with Crippen LogP contribution in [0, 0.1) is 10.1 Å². The lowest BCUT2D eigenvalue weighted by Gasteiger charge is -2.09. The first kappa shape index (κ1) is 14.4. The van der Waals surface area contributed by atoms with E-state index in [9.17, 15) is 15.2 Å². The van der Waals surface area contributed by atoms with Crippen LogP contribution in [0.3, 0.4) is 0 Å². The molecule has 0 aliphatic carbocycles. The van der Waals surface area contributed by atoms with Crippen LogP contribution in [-0.4, -0.2) is 21.1 Å². The summed E-state index contributed by atoms with van der Waals surface area (Å²) in [4.78, 5) is 18.4. The molecule has 0 aliphatic rings. The quantitative estimate of drug-likeness (QED) is 0.448. The van der Waals surface area contributed by atoms with E-state index in [-0.39, 0.29) is 17.0 Å². The molecule has 1 heterocycles. The van der Waals surface area contributed by atoms with Gasteiger partial charge in [-0.2, -0.15) is 5.10 Å². The van der Waals surface area contributed by atoms with Crippen molar-refractivity contribution >= 4 is 28.6 Å². The van der Waals surface area contributed by atoms with Crippen LogP contribution in [0.15, 0.2) is 53.9 Å². The first-order valence-corrected chi connectivity index (χ1v) is 6.59. The van der Waals surface area contributed by atoms with E-state index in [0.29, 0.717) is 5.82 Å². The van der Waals surface area contributed by atoms with Gasteiger partial charge >= 0.3 is 0 Å². The van der Waals surface area contributed by atoms with Gasteiger partial charge in [-0.05, 0) is 17.7 Å². The third-order valence-corrected chi connectivity index (χ3v) is 3.12. The minimum Gasteiger partial charge on any atom is -0.872 e. The topological polar surface area (TPSA) is 116 Å². The van der Waals surface area contributed by atoms with E-state index >= 15 is 0 Å². The van der Waals surface area contributed by atoms with Gasteiger partial charge in [-0.15, -0.1) is 0 Å². The highest BCUT2D eigenvalue weighted by molar-refractivity contribution is 5.90. The molecule has 0 amide bonds. The lowest BCUT2D eigenvalue weighted by Crippen LogP contribution is -2.00. The van der Waals surface area contributed by atoms with Gasteiger partial charge in [0.2, 0.25) is 0 Å². The summed E-state index contributed by atoms with van der Waals surface area (Å²) < 4.78 is 0. The molecule has 0 aliphatic heterocycles. The molecule has 0 bridgehead atoms. The van der Waals surface area contributed by atoms with E-state index in [2.05, 4.69) is 20.5 Å². The zero-order valence-electron chi connectivity index (χ0n) is 11.7. The molecule has 2 aromatic carbocycles. The Labute approximate surface area is 130 Å². The van der Waals surface area contributed by atoms with Crippen LogP contribution >= 0.6 is 0 Å². The van der Waals surface area contributed by atoms with E-state index in [1.165, 1.54) is 18.6 Å². The van der Waals surface area contributed by atoms with Crippen molar-refractivity contribution in [3.8, 4) is 5.75 Å². The number of rotatable bonds is 4. The second-order valence-corrected chi connectivity index (χ2v) is 4.59. The first-order chi connectivity index (χ1) is 11.1. The number of anilines is 1. The minimum absolute atomic E-state index is 0.116. The monoisotopic (exact) mass is 308 g/mol. The SMILES string of the molecule is O=[N+]([O-])c1ccc([O-])c(/C=N\Nc2ncnc3ccccc23)c1. The average molecular weight is 308 g/mol. The second kappa shape index (κ2) is 6.06. The molecule has 0 saturated heterocycles. The van der Waals surface area contributed by atoms with Gasteiger partial charge in [-0.25, -0.2) is 9.97 Å². The Balaban J connectivity index is 1.86. The van der Waals surface area contributed by atoms with E-state index in [1.54, 1.807) is 0 Å². The molecular formula is C15H10N5O3-. The number of aromatic nitrogens is 2. The van der Waals surface area contributed by atoms with Crippen molar-refractivity contribution in [2.45, 2.75) is 0 Å². The zero-order valence-corrected chi connectivity index (χ0v) is 11.7. The molecule has 1 N–H and O–H groups in total. The Morgan fingerprint density at radius 2 is 2.00 bits per heavy atom. The molecule has 1 aromatic heterocycles. The molecule has 3 aromatic rings. The molecule has 0 spiro atoms. The van der Waals surface area contributed by atoms with Crippen LogP contribution in [0.25, 0.3) is 10.9 Å². The summed E-state index contributed by atoms with van der Waals surface area (Å²) in [6, 6.07) is 10.8. The second-order valence-electron chi connectivity index (χ2n) is 4.59. The van der Waals surface area contributed by atoms with Crippen LogP contribution in [-0.2, 0) is 0 Å². The molecule has 114 valence electrons. The number of nitro groups is 1. The van der Waals surface area contributed by atoms with Crippen LogP contribution < -0.4 is 10.5 Å². The molecule has 8 heteroatoms. The lowest BCUT2D eigenvalue weighted by molar-refractivity contribution is -0.385. The molecule has 0 atom stereocenters. The molecule has 23 heavy (non-hydrogen) atoms. The summed E-state index contributed by atoms with van der Waals surface area (Å²) in [5.41, 5.74) is 3.42. The van der Waals surface area contributed by atoms with Crippen LogP contribution in [0.4, 0.5) is 11.5 Å². The van der Waals surface area contributed by atoms with Gasteiger partial charge < -0.3 is 5.11 Å². The largest absolute Gasteiger partial charge is 0.872 e. The van der Waals surface area contributed by atoms with Crippen molar-refractivity contribution in [3.05, 3.63) is 64.5 Å². The Morgan fingerprint density at radius 1 is 1.17 bits per heavy atom. The van der Waals surface area contributed by atoms with Crippen molar-refractivity contribution in [2.24, 2.45) is 5.10 Å². The molecule has 0 saturated carbocycles. The number of fused-ring (bicyclic) bond motifs is 1. The van der Waals surface area contributed by atoms with Gasteiger partial charge in [0.15, 0.2) is 5.82 Å². The minimum atomic E-state index is -0.567. The number of hydrogen-bond donors (Lipinski definition) is 1. The van der Waals surface area contributed by atoms with Crippen molar-refractivity contribution in [1.29, 1.82) is 0 Å². The maximum atomic E-state index is 11.7. The molecule has 0 unspecified atom stereocenters. The van der Waals surface area contributed by atoms with E-state index in [1.807, 2.05) is 24.3 Å². The fraction of sp³-hybridized carbons (Fsp3) is 0. The fourth-order valence-electron chi connectivity index (χ4n) is 2.01. The molecule has 0 radical (unpaired) electrons. The number of nitrogens with one attached hydrogen (secondary N) is 1. The highest BCUT2D eigenvalue weighted by Crippen LogP contribution is 2.20. The van der Waals surface area contributed by atoms with Gasteiger partial charge in [0.1, 0.15) is 6.33 Å². The number of nitrogens with zero attached hydrogens (tertiary/aromatic N) is 4. The standard InChI is InChI=1S/C15H11N5O3/c21-14-6-5-11(20(22)23)7-10(14)8-18-19-15-12-3-1-2-4-13(12)16-9-17-15/h1-9,21H,(H,16,17,19)/p-1/b18-8-. The maximum Gasteiger partial charge on any atom is 0.270 e. The van der Waals surface area contributed by atoms with Gasteiger partial charge in [0.05, 0.1) is 16.7 Å². The fourth-order valence-corrected chi connectivity index (χ4v) is 2.01. The highest BCUT2D eigenvalue weighted by atomic mass is 16.6. The Hall–Kier alpha value is -3.55. The van der Waals surface area contributed by atoms with Crippen molar-refractivity contribution in [1.82, 2.24) is 9.97 Å². The normalized spacial score (nSPS) is 11.0. The van der Waals surface area contributed by atoms with Gasteiger partial charge in [0.25, 0.3) is 5.69 Å². The lowest BCUT2D eigenvalue weighted by atomic mass is 10.2. The molecule has 8 nitrogen and oxygen atoms in total. The van der Waals surface area contributed by atoms with Gasteiger partial charge in [-0.3, -0.25) is 15.5 Å². The third-order valence-electron chi connectivity index (χ3n) is 3.12. The van der Waals surface area contributed by atoms with Crippen LogP contribution in [0.5, 0.6) is 5.75 Å². The predicted octanol–water partition coefficient (Wildman–Crippen LogP) is 2.06. The maximum absolute atomic E-state index is 11.7. The summed E-state index contributed by atoms with van der Waals surface area (Å²) in [5, 5.41) is 27.1. The first-order valence-electron chi connectivity index (χ1n) is 6.59. The van der Waals surface area contributed by atoms with Crippen LogP contribution in [0.2, 0.25) is 0 Å². The highest BCUT2D eigenvalue weighted by Gasteiger charge is 2.05. The Kier molecular flexibility index (Phi) is 3.79. The summed E-state index contributed by atoms with van der Waals surface area (Å²) in [6.45, 7) is 0. The Bertz CT molecular complexity index is 905. The van der Waals surface area contributed by atoms with E-state index in [4.69, 9.17) is 0 Å². The van der Waals surface area contributed by atoms with Gasteiger partial charge in [-0.1, -0.05) is 23.9 Å². The number of nitro benzene ring substituents is 1. The summed E-state index contributed by atoms with van der Waals surface area (Å²) in [6.07, 6.45) is 2.62. The Morgan fingerprint density at radius 3 is 2.83 bits per heavy atom. The summed E-state index contributed by atoms with van der Waals surface area (Å²) >= 11 is 0. The average Bonchev–Trinajstić information content (AvgIpc) is 2.56. The van der Waals surface area contributed by atoms with Gasteiger partial charge in [0, 0.05) is 17.5 Å². The van der Waals surface area contributed by atoms with E-state index < -0.39 is 4.92 Å². The van der Waals surface area contributed by atoms with Crippen molar-refractivity contribution in [2.75, 3.05) is 5.43 Å². The predicted molar refractivity (Wildman–Crippen MR) is 83.3 cm³/mol. The number of para-hydroxylation sites is 1. The molecule has 0 fully saturated rings. The smallest absolute Gasteiger partial charge is 0.270 e. The third kappa shape index (κ3) is 3.05. The molecular weight excluding hydrogens is 298 g/mol. The van der Waals surface area contributed by atoms with E-state index in [0.717, 1.165) is 23.0 Å². The van der Waals surface area contributed by atoms with Crippen molar-refractivity contribution < 1.29 is 10.0 Å². The number of benzene rings is 2. The number of non-ortho nitro benzene ring substituents is 1. The number of hydrazone groups is 1. The summed E-state index contributed by atoms with van der Waals surface area (Å²) in [7, 11) is 0. The zero-order chi connectivity index (χ0) is 16.2. The van der Waals surface area contributed by atoms with Crippen LogP contribution in [0.1, 0.15) is 5.56 Å². The number of hydrogen-bond acceptors (Lipinski definition) is 7. The summed E-state index contributed by atoms with van der Waals surface area (Å²) in [5.74, 6) is 0.124. The molecule has 3 rings (SSSR count). The van der Waals surface area contributed by atoms with Crippen molar-refractivity contribution in [3.63, 3.8) is 0 Å².